The number of allylic oxidation sites excluding steroid dienone is 2. The Balaban J connectivity index is 1.34. The van der Waals surface area contributed by atoms with E-state index >= 15 is 0 Å². The molecule has 7 rings (SSSR count). The number of carbonyl (C=O) groups is 3. The average Bonchev–Trinajstić information content (AvgIpc) is 3.59. The summed E-state index contributed by atoms with van der Waals surface area (Å²) in [4.78, 5) is 42.3. The molecule has 2 aromatic rings. The fourth-order valence-electron chi connectivity index (χ4n) is 6.41. The zero-order valence-electron chi connectivity index (χ0n) is 18.3. The van der Waals surface area contributed by atoms with Gasteiger partial charge < -0.3 is 5.32 Å². The van der Waals surface area contributed by atoms with Gasteiger partial charge in [-0.25, -0.2) is 0 Å². The summed E-state index contributed by atoms with van der Waals surface area (Å²) in [7, 11) is 0. The Morgan fingerprint density at radius 3 is 2.27 bits per heavy atom. The second-order valence-corrected chi connectivity index (χ2v) is 10.8. The lowest BCUT2D eigenvalue weighted by molar-refractivity contribution is -0.146. The van der Waals surface area contributed by atoms with Gasteiger partial charge in [0.1, 0.15) is 6.04 Å². The van der Waals surface area contributed by atoms with Crippen molar-refractivity contribution in [1.82, 2.24) is 4.90 Å². The fourth-order valence-corrected chi connectivity index (χ4v) is 6.88. The highest BCUT2D eigenvalue weighted by Gasteiger charge is 2.67. The minimum Gasteiger partial charge on any atom is -0.324 e. The van der Waals surface area contributed by atoms with Crippen LogP contribution in [0.4, 0.5) is 5.69 Å². The summed E-state index contributed by atoms with van der Waals surface area (Å²) >= 11 is 3.45. The first kappa shape index (κ1) is 20.8. The molecule has 5 nitrogen and oxygen atoms in total. The normalized spacial score (nSPS) is 31.9. The number of nitrogens with zero attached hydrogens (tertiary/aromatic N) is 1. The highest BCUT2D eigenvalue weighted by Crippen LogP contribution is 2.65. The molecule has 1 aliphatic heterocycles. The topological polar surface area (TPSA) is 66.5 Å². The maximum Gasteiger partial charge on any atom is 0.248 e. The van der Waals surface area contributed by atoms with Crippen LogP contribution in [0.1, 0.15) is 17.5 Å². The standard InChI is InChI=1S/C27H25BrN2O3/c1-14-11-16(28)7-10-21(14)29-25(31)22(12-15-5-3-2-4-6-15)30-26(32)23-17-8-9-18(20-13-19(17)20)24(23)27(30)33/h2-11,17-20,22-24H,12-13H2,1H3,(H,29,31)/t17-,18-,19-,20-,22-,23-,24+/m0/s1. The van der Waals surface area contributed by atoms with E-state index in [-0.39, 0.29) is 41.4 Å². The zero-order valence-corrected chi connectivity index (χ0v) is 19.9. The van der Waals surface area contributed by atoms with Crippen molar-refractivity contribution >= 4 is 39.3 Å². The lowest BCUT2D eigenvalue weighted by Gasteiger charge is -2.37. The number of amides is 3. The molecule has 0 aromatic heterocycles. The maximum absolute atomic E-state index is 13.7. The van der Waals surface area contributed by atoms with Gasteiger partial charge in [-0.3, -0.25) is 19.3 Å². The maximum atomic E-state index is 13.7. The Labute approximate surface area is 201 Å². The van der Waals surface area contributed by atoms with Crippen LogP contribution in [0.5, 0.6) is 0 Å². The molecule has 2 bridgehead atoms. The summed E-state index contributed by atoms with van der Waals surface area (Å²) in [6, 6.07) is 14.4. The van der Waals surface area contributed by atoms with Gasteiger partial charge in [0.2, 0.25) is 17.7 Å². The van der Waals surface area contributed by atoms with Crippen molar-refractivity contribution in [3.63, 3.8) is 0 Å². The van der Waals surface area contributed by atoms with Gasteiger partial charge in [-0.2, -0.15) is 0 Å². The number of anilines is 1. The zero-order chi connectivity index (χ0) is 22.9. The van der Waals surface area contributed by atoms with Crippen molar-refractivity contribution in [2.75, 3.05) is 5.32 Å². The first-order chi connectivity index (χ1) is 15.9. The van der Waals surface area contributed by atoms with Gasteiger partial charge in [0, 0.05) is 16.6 Å². The monoisotopic (exact) mass is 504 g/mol. The summed E-state index contributed by atoms with van der Waals surface area (Å²) in [6.45, 7) is 1.92. The van der Waals surface area contributed by atoms with E-state index < -0.39 is 6.04 Å². The number of hydrogen-bond donors (Lipinski definition) is 1. The third-order valence-corrected chi connectivity index (χ3v) is 8.52. The van der Waals surface area contributed by atoms with Crippen molar-refractivity contribution in [2.45, 2.75) is 25.8 Å². The molecule has 1 saturated heterocycles. The molecule has 3 fully saturated rings. The van der Waals surface area contributed by atoms with Gasteiger partial charge in [-0.15, -0.1) is 0 Å². The minimum absolute atomic E-state index is 0.139. The number of hydrogen-bond acceptors (Lipinski definition) is 3. The van der Waals surface area contributed by atoms with E-state index in [1.807, 2.05) is 55.5 Å². The summed E-state index contributed by atoms with van der Waals surface area (Å²) < 4.78 is 0.925. The summed E-state index contributed by atoms with van der Waals surface area (Å²) in [5, 5.41) is 2.99. The number of likely N-dealkylation sites (tertiary alicyclic amines) is 1. The number of imide groups is 1. The van der Waals surface area contributed by atoms with Gasteiger partial charge in [-0.05, 0) is 66.3 Å². The molecule has 0 radical (unpaired) electrons. The third-order valence-electron chi connectivity index (χ3n) is 8.03. The van der Waals surface area contributed by atoms with Crippen LogP contribution >= 0.6 is 15.9 Å². The number of nitrogens with one attached hydrogen (secondary N) is 1. The summed E-state index contributed by atoms with van der Waals surface area (Å²) in [5.74, 6) is 0.0657. The highest BCUT2D eigenvalue weighted by molar-refractivity contribution is 9.10. The van der Waals surface area contributed by atoms with Crippen LogP contribution in [0.15, 0.2) is 65.2 Å². The van der Waals surface area contributed by atoms with Gasteiger partial charge in [0.15, 0.2) is 0 Å². The molecular weight excluding hydrogens is 480 g/mol. The third kappa shape index (κ3) is 3.30. The molecule has 2 saturated carbocycles. The number of aryl methyl sites for hydroxylation is 1. The molecule has 4 aliphatic carbocycles. The molecule has 7 atom stereocenters. The Bertz CT molecular complexity index is 1160. The Kier molecular flexibility index (Phi) is 4.84. The Hall–Kier alpha value is -2.73. The quantitative estimate of drug-likeness (QED) is 0.485. The highest BCUT2D eigenvalue weighted by atomic mass is 79.9. The van der Waals surface area contributed by atoms with E-state index in [9.17, 15) is 14.4 Å². The molecule has 33 heavy (non-hydrogen) atoms. The average molecular weight is 505 g/mol. The molecule has 2 aromatic carbocycles. The molecule has 6 heteroatoms. The largest absolute Gasteiger partial charge is 0.324 e. The second-order valence-electron chi connectivity index (χ2n) is 9.86. The van der Waals surface area contributed by atoms with E-state index in [1.165, 1.54) is 4.90 Å². The van der Waals surface area contributed by atoms with Crippen LogP contribution in [0.3, 0.4) is 0 Å². The number of halogens is 1. The number of carbonyl (C=O) groups excluding carboxylic acids is 3. The molecule has 3 amide bonds. The van der Waals surface area contributed by atoms with Crippen LogP contribution in [0.2, 0.25) is 0 Å². The summed E-state index contributed by atoms with van der Waals surface area (Å²) in [6.07, 6.45) is 5.74. The van der Waals surface area contributed by atoms with Crippen LogP contribution in [0, 0.1) is 42.4 Å². The Morgan fingerprint density at radius 2 is 1.67 bits per heavy atom. The van der Waals surface area contributed by atoms with Gasteiger partial charge in [-0.1, -0.05) is 58.4 Å². The minimum atomic E-state index is -0.878. The molecule has 0 spiro atoms. The van der Waals surface area contributed by atoms with Gasteiger partial charge in [0.05, 0.1) is 11.8 Å². The summed E-state index contributed by atoms with van der Waals surface area (Å²) in [5.41, 5.74) is 2.51. The molecule has 1 N–H and O–H groups in total. The van der Waals surface area contributed by atoms with E-state index in [1.54, 1.807) is 0 Å². The fraction of sp³-hybridized carbons (Fsp3) is 0.370. The predicted octanol–water partition coefficient (Wildman–Crippen LogP) is 4.36. The van der Waals surface area contributed by atoms with Crippen molar-refractivity contribution < 1.29 is 14.4 Å². The van der Waals surface area contributed by atoms with E-state index in [0.29, 0.717) is 23.9 Å². The lowest BCUT2D eigenvalue weighted by atomic mass is 9.63. The Morgan fingerprint density at radius 1 is 1.03 bits per heavy atom. The number of rotatable bonds is 5. The molecule has 1 heterocycles. The van der Waals surface area contributed by atoms with Gasteiger partial charge in [0.25, 0.3) is 0 Å². The smallest absolute Gasteiger partial charge is 0.248 e. The number of benzene rings is 2. The van der Waals surface area contributed by atoms with Crippen LogP contribution in [-0.4, -0.2) is 28.7 Å². The molecular formula is C27H25BrN2O3. The van der Waals surface area contributed by atoms with Gasteiger partial charge >= 0.3 is 0 Å². The first-order valence-electron chi connectivity index (χ1n) is 11.6. The van der Waals surface area contributed by atoms with E-state index in [2.05, 4.69) is 33.4 Å². The molecule has 168 valence electrons. The van der Waals surface area contributed by atoms with Crippen LogP contribution in [0.25, 0.3) is 0 Å². The van der Waals surface area contributed by atoms with E-state index in [4.69, 9.17) is 0 Å². The van der Waals surface area contributed by atoms with Crippen molar-refractivity contribution in [3.8, 4) is 0 Å². The lowest BCUT2D eigenvalue weighted by Crippen LogP contribution is -2.49. The van der Waals surface area contributed by atoms with Crippen LogP contribution in [-0.2, 0) is 20.8 Å². The van der Waals surface area contributed by atoms with Crippen molar-refractivity contribution in [1.29, 1.82) is 0 Å². The second kappa shape index (κ2) is 7.66. The molecule has 5 aliphatic rings. The van der Waals surface area contributed by atoms with Crippen LogP contribution < -0.4 is 5.32 Å². The SMILES string of the molecule is Cc1cc(Br)ccc1NC(=O)[C@H](Cc1ccccc1)N1C(=O)[C@@H]2[C@H]3C=C[C@@H]([C@@H]4C[C@@H]34)[C@@H]2C1=O. The van der Waals surface area contributed by atoms with E-state index in [0.717, 1.165) is 22.0 Å². The molecule has 0 unspecified atom stereocenters. The first-order valence-corrected chi connectivity index (χ1v) is 12.4. The van der Waals surface area contributed by atoms with Crippen molar-refractivity contribution in [2.24, 2.45) is 35.5 Å². The van der Waals surface area contributed by atoms with Crippen molar-refractivity contribution in [3.05, 3.63) is 76.3 Å². The predicted molar refractivity (Wildman–Crippen MR) is 128 cm³/mol.